The van der Waals surface area contributed by atoms with Gasteiger partial charge in [0.25, 0.3) is 0 Å². The van der Waals surface area contributed by atoms with E-state index in [0.29, 0.717) is 28.8 Å². The number of aryl methyl sites for hydroxylation is 1. The number of hydrogen-bond acceptors (Lipinski definition) is 3. The zero-order valence-corrected chi connectivity index (χ0v) is 16.5. The van der Waals surface area contributed by atoms with E-state index in [2.05, 4.69) is 6.92 Å². The highest BCUT2D eigenvalue weighted by atomic mass is 16.3. The second-order valence-corrected chi connectivity index (χ2v) is 7.70. The van der Waals surface area contributed by atoms with Crippen LogP contribution in [0.5, 0.6) is 5.75 Å². The minimum absolute atomic E-state index is 0.0403. The summed E-state index contributed by atoms with van der Waals surface area (Å²) in [6.07, 6.45) is 0. The number of rotatable bonds is 4. The van der Waals surface area contributed by atoms with Crippen molar-refractivity contribution in [3.63, 3.8) is 0 Å². The van der Waals surface area contributed by atoms with Crippen LogP contribution in [0.2, 0.25) is 0 Å². The highest BCUT2D eigenvalue weighted by Crippen LogP contribution is 2.29. The summed E-state index contributed by atoms with van der Waals surface area (Å²) in [4.78, 5) is 16.3. The zero-order chi connectivity index (χ0) is 19.7. The third-order valence-corrected chi connectivity index (χ3v) is 5.97. The molecule has 0 bridgehead atoms. The fraction of sp³-hybridized carbons (Fsp3) is 0.348. The Bertz CT molecular complexity index is 1040. The van der Waals surface area contributed by atoms with Crippen molar-refractivity contribution in [2.24, 2.45) is 0 Å². The lowest BCUT2D eigenvalue weighted by atomic mass is 10.0. The second kappa shape index (κ2) is 7.78. The lowest BCUT2D eigenvalue weighted by Crippen LogP contribution is -3.27. The maximum absolute atomic E-state index is 13.2. The molecule has 0 atom stereocenters. The Hall–Kier alpha value is -2.63. The van der Waals surface area contributed by atoms with Gasteiger partial charge in [-0.05, 0) is 31.5 Å². The summed E-state index contributed by atoms with van der Waals surface area (Å²) in [6, 6.07) is 12.9. The Labute approximate surface area is 164 Å². The van der Waals surface area contributed by atoms with Crippen LogP contribution in [-0.4, -0.2) is 37.8 Å². The molecule has 0 aliphatic carbocycles. The van der Waals surface area contributed by atoms with Crippen molar-refractivity contribution in [1.29, 1.82) is 0 Å². The average Bonchev–Trinajstić information content (AvgIpc) is 2.71. The first kappa shape index (κ1) is 18.7. The highest BCUT2D eigenvalue weighted by Gasteiger charge is 2.25. The Morgan fingerprint density at radius 3 is 2.36 bits per heavy atom. The van der Waals surface area contributed by atoms with Gasteiger partial charge in [0.1, 0.15) is 44.2 Å². The molecule has 146 valence electrons. The molecular weight excluding hydrogens is 352 g/mol. The fourth-order valence-corrected chi connectivity index (χ4v) is 4.26. The van der Waals surface area contributed by atoms with E-state index in [9.17, 15) is 9.90 Å². The van der Waals surface area contributed by atoms with Crippen molar-refractivity contribution in [3.8, 4) is 16.9 Å². The molecule has 1 aromatic heterocycles. The van der Waals surface area contributed by atoms with Gasteiger partial charge in [-0.3, -0.25) is 4.79 Å². The molecule has 0 saturated carbocycles. The van der Waals surface area contributed by atoms with Gasteiger partial charge in [-0.2, -0.15) is 0 Å². The third-order valence-electron chi connectivity index (χ3n) is 5.97. The number of nitrogens with one attached hydrogen (secondary N) is 2. The summed E-state index contributed by atoms with van der Waals surface area (Å²) >= 11 is 0. The summed E-state index contributed by atoms with van der Waals surface area (Å²) in [6.45, 7) is 10.3. The number of hydrogen-bond donors (Lipinski definition) is 3. The van der Waals surface area contributed by atoms with Crippen molar-refractivity contribution in [2.45, 2.75) is 20.4 Å². The summed E-state index contributed by atoms with van der Waals surface area (Å²) in [5, 5.41) is 11.1. The SMILES string of the molecule is CC[NH+]1CC[NH+](Cc2c(O)ccc3c(=O)c(-c4ccccc4)c(C)oc23)CC1. The molecule has 1 fully saturated rings. The van der Waals surface area contributed by atoms with Crippen molar-refractivity contribution in [1.82, 2.24) is 0 Å². The number of piperazine rings is 1. The predicted molar refractivity (Wildman–Crippen MR) is 110 cm³/mol. The van der Waals surface area contributed by atoms with Crippen LogP contribution < -0.4 is 15.2 Å². The van der Waals surface area contributed by atoms with Gasteiger partial charge in [-0.25, -0.2) is 0 Å². The first-order valence-electron chi connectivity index (χ1n) is 10.1. The van der Waals surface area contributed by atoms with Gasteiger partial charge in [-0.15, -0.1) is 0 Å². The first-order chi connectivity index (χ1) is 13.6. The van der Waals surface area contributed by atoms with Crippen molar-refractivity contribution in [3.05, 3.63) is 64.0 Å². The zero-order valence-electron chi connectivity index (χ0n) is 16.5. The monoisotopic (exact) mass is 380 g/mol. The Morgan fingerprint density at radius 2 is 1.68 bits per heavy atom. The van der Waals surface area contributed by atoms with Crippen LogP contribution in [0.3, 0.4) is 0 Å². The van der Waals surface area contributed by atoms with Crippen LogP contribution in [0.1, 0.15) is 18.2 Å². The maximum atomic E-state index is 13.2. The number of aromatic hydroxyl groups is 1. The number of quaternary nitrogens is 2. The van der Waals surface area contributed by atoms with E-state index in [-0.39, 0.29) is 11.2 Å². The molecular formula is C23H28N2O3+2. The van der Waals surface area contributed by atoms with Crippen molar-refractivity contribution >= 4 is 11.0 Å². The average molecular weight is 380 g/mol. The molecule has 3 N–H and O–H groups in total. The largest absolute Gasteiger partial charge is 0.507 e. The molecule has 28 heavy (non-hydrogen) atoms. The fourth-order valence-electron chi connectivity index (χ4n) is 4.26. The normalized spacial score (nSPS) is 19.8. The van der Waals surface area contributed by atoms with Crippen LogP contribution >= 0.6 is 0 Å². The molecule has 1 aliphatic rings. The van der Waals surface area contributed by atoms with Crippen LogP contribution in [0.25, 0.3) is 22.1 Å². The van der Waals surface area contributed by atoms with Crippen LogP contribution in [0, 0.1) is 6.92 Å². The third kappa shape index (κ3) is 3.43. The number of phenols is 1. The van der Waals surface area contributed by atoms with Gasteiger partial charge in [-0.1, -0.05) is 30.3 Å². The van der Waals surface area contributed by atoms with Crippen molar-refractivity contribution < 1.29 is 19.3 Å². The Balaban J connectivity index is 1.76. The molecule has 3 aromatic rings. The molecule has 5 nitrogen and oxygen atoms in total. The van der Waals surface area contributed by atoms with E-state index in [1.165, 1.54) is 4.90 Å². The molecule has 1 aliphatic heterocycles. The lowest BCUT2D eigenvalue weighted by Gasteiger charge is -2.29. The quantitative estimate of drug-likeness (QED) is 0.627. The standard InChI is InChI=1S/C23H26N2O3/c1-3-24-11-13-25(14-12-24)15-19-20(26)10-9-18-22(27)21(16(2)28-23(18)19)17-7-5-4-6-8-17/h4-10,26H,3,11-15H2,1-2H3/p+2. The molecule has 0 amide bonds. The summed E-state index contributed by atoms with van der Waals surface area (Å²) < 4.78 is 6.15. The van der Waals surface area contributed by atoms with E-state index < -0.39 is 0 Å². The van der Waals surface area contributed by atoms with Crippen LogP contribution in [0.15, 0.2) is 51.7 Å². The summed E-state index contributed by atoms with van der Waals surface area (Å²) in [7, 11) is 0. The summed E-state index contributed by atoms with van der Waals surface area (Å²) in [5.41, 5.74) is 2.68. The lowest BCUT2D eigenvalue weighted by molar-refractivity contribution is -1.02. The minimum atomic E-state index is -0.0403. The van der Waals surface area contributed by atoms with E-state index in [1.54, 1.807) is 17.0 Å². The Morgan fingerprint density at radius 1 is 1.00 bits per heavy atom. The predicted octanol–water partition coefficient (Wildman–Crippen LogP) is 0.777. The van der Waals surface area contributed by atoms with E-state index >= 15 is 0 Å². The topological polar surface area (TPSA) is 59.3 Å². The van der Waals surface area contributed by atoms with Crippen LogP contribution in [0.4, 0.5) is 0 Å². The van der Waals surface area contributed by atoms with Gasteiger partial charge in [0.2, 0.25) is 5.43 Å². The summed E-state index contributed by atoms with van der Waals surface area (Å²) in [5.74, 6) is 0.797. The number of phenolic OH excluding ortho intramolecular Hbond substituents is 1. The number of likely N-dealkylation sites (N-methyl/N-ethyl adjacent to an activating group) is 1. The highest BCUT2D eigenvalue weighted by molar-refractivity contribution is 5.86. The second-order valence-electron chi connectivity index (χ2n) is 7.70. The number of benzene rings is 2. The molecule has 0 radical (unpaired) electrons. The number of fused-ring (bicyclic) bond motifs is 1. The smallest absolute Gasteiger partial charge is 0.200 e. The van der Waals surface area contributed by atoms with Crippen LogP contribution in [-0.2, 0) is 6.54 Å². The van der Waals surface area contributed by atoms with Crippen molar-refractivity contribution in [2.75, 3.05) is 32.7 Å². The molecule has 2 heterocycles. The minimum Gasteiger partial charge on any atom is -0.507 e. The molecule has 4 rings (SSSR count). The molecule has 2 aromatic carbocycles. The first-order valence-corrected chi connectivity index (χ1v) is 10.1. The molecule has 0 spiro atoms. The van der Waals surface area contributed by atoms with E-state index in [4.69, 9.17) is 4.42 Å². The van der Waals surface area contributed by atoms with Gasteiger partial charge in [0, 0.05) is 0 Å². The van der Waals surface area contributed by atoms with E-state index in [1.807, 2.05) is 37.3 Å². The molecule has 1 saturated heterocycles. The Kier molecular flexibility index (Phi) is 5.20. The van der Waals surface area contributed by atoms with Gasteiger partial charge >= 0.3 is 0 Å². The van der Waals surface area contributed by atoms with E-state index in [0.717, 1.165) is 43.9 Å². The van der Waals surface area contributed by atoms with Gasteiger partial charge in [0.05, 0.1) is 23.1 Å². The maximum Gasteiger partial charge on any atom is 0.200 e. The van der Waals surface area contributed by atoms with Gasteiger partial charge in [0.15, 0.2) is 5.58 Å². The van der Waals surface area contributed by atoms with Gasteiger partial charge < -0.3 is 19.3 Å². The molecule has 0 unspecified atom stereocenters. The molecule has 5 heteroatoms.